The van der Waals surface area contributed by atoms with Crippen molar-refractivity contribution in [3.63, 3.8) is 0 Å². The smallest absolute Gasteiger partial charge is 0.403 e. The molecule has 2 saturated heterocycles. The zero-order valence-electron chi connectivity index (χ0n) is 22.2. The van der Waals surface area contributed by atoms with Gasteiger partial charge in [-0.25, -0.2) is 14.4 Å². The maximum Gasteiger partial charge on any atom is 0.573 e. The van der Waals surface area contributed by atoms with Crippen LogP contribution in [0.15, 0.2) is 24.5 Å². The molecule has 3 aliphatic rings. The molecule has 1 aromatic carbocycles. The summed E-state index contributed by atoms with van der Waals surface area (Å²) < 4.78 is 61.7. The molecule has 9 nitrogen and oxygen atoms in total. The lowest BCUT2D eigenvalue weighted by Crippen LogP contribution is -2.52. The minimum Gasteiger partial charge on any atom is -0.403 e. The van der Waals surface area contributed by atoms with Crippen LogP contribution in [0.1, 0.15) is 60.9 Å². The van der Waals surface area contributed by atoms with Crippen LogP contribution in [-0.2, 0) is 9.53 Å². The van der Waals surface area contributed by atoms with Crippen molar-refractivity contribution in [1.29, 1.82) is 0 Å². The highest BCUT2D eigenvalue weighted by atomic mass is 19.4. The van der Waals surface area contributed by atoms with Crippen LogP contribution in [0, 0.1) is 5.82 Å². The van der Waals surface area contributed by atoms with E-state index in [2.05, 4.69) is 24.9 Å². The van der Waals surface area contributed by atoms with Gasteiger partial charge in [-0.2, -0.15) is 0 Å². The number of aliphatic hydroxyl groups excluding tert-OH is 1. The fourth-order valence-electron chi connectivity index (χ4n) is 5.79. The summed E-state index contributed by atoms with van der Waals surface area (Å²) in [5, 5.41) is 13.7. The van der Waals surface area contributed by atoms with Crippen LogP contribution in [0.4, 0.5) is 23.4 Å². The lowest BCUT2D eigenvalue weighted by Gasteiger charge is -2.38. The van der Waals surface area contributed by atoms with E-state index in [1.807, 2.05) is 6.92 Å². The van der Waals surface area contributed by atoms with Gasteiger partial charge in [-0.15, -0.1) is 13.2 Å². The molecular formula is C27H33F4N5O4. The molecule has 3 atom stereocenters. The Labute approximate surface area is 229 Å². The predicted molar refractivity (Wildman–Crippen MR) is 136 cm³/mol. The second-order valence-electron chi connectivity index (χ2n) is 10.5. The number of nitrogens with one attached hydrogen (secondary N) is 1. The number of carbonyl (C=O) groups is 1. The van der Waals surface area contributed by atoms with Crippen molar-refractivity contribution in [2.24, 2.45) is 0 Å². The molecule has 2 aliphatic heterocycles. The summed E-state index contributed by atoms with van der Waals surface area (Å²) in [5.74, 6) is -2.29. The first-order chi connectivity index (χ1) is 19.1. The molecule has 2 aromatic rings. The van der Waals surface area contributed by atoms with Gasteiger partial charge >= 0.3 is 6.36 Å². The lowest BCUT2D eigenvalue weighted by atomic mass is 9.95. The van der Waals surface area contributed by atoms with Crippen LogP contribution in [-0.4, -0.2) is 84.2 Å². The van der Waals surface area contributed by atoms with Gasteiger partial charge in [0.05, 0.1) is 17.7 Å². The highest BCUT2D eigenvalue weighted by molar-refractivity contribution is 5.84. The van der Waals surface area contributed by atoms with Gasteiger partial charge in [-0.05, 0) is 42.9 Å². The number of ether oxygens (including phenoxy) is 2. The van der Waals surface area contributed by atoms with Crippen molar-refractivity contribution in [3.05, 3.63) is 47.2 Å². The Hall–Kier alpha value is -3.03. The van der Waals surface area contributed by atoms with E-state index in [1.54, 1.807) is 4.90 Å². The van der Waals surface area contributed by atoms with E-state index in [1.165, 1.54) is 12.4 Å². The molecule has 0 bridgehead atoms. The summed E-state index contributed by atoms with van der Waals surface area (Å²) in [6, 6.07) is 3.29. The number of aliphatic hydroxyl groups is 1. The zero-order chi connectivity index (χ0) is 28.4. The number of aromatic nitrogens is 2. The van der Waals surface area contributed by atoms with Crippen LogP contribution in [0.5, 0.6) is 5.75 Å². The van der Waals surface area contributed by atoms with Crippen LogP contribution in [0.3, 0.4) is 0 Å². The molecule has 2 N–H and O–H groups in total. The molecule has 3 unspecified atom stereocenters. The van der Waals surface area contributed by atoms with E-state index in [0.29, 0.717) is 51.5 Å². The van der Waals surface area contributed by atoms with Crippen molar-refractivity contribution < 1.29 is 36.9 Å². The predicted octanol–water partition coefficient (Wildman–Crippen LogP) is 3.26. The molecule has 3 heterocycles. The third-order valence-electron chi connectivity index (χ3n) is 7.88. The molecule has 40 heavy (non-hydrogen) atoms. The second-order valence-corrected chi connectivity index (χ2v) is 10.5. The summed E-state index contributed by atoms with van der Waals surface area (Å²) in [7, 11) is 0. The van der Waals surface area contributed by atoms with Crippen molar-refractivity contribution >= 4 is 11.7 Å². The summed E-state index contributed by atoms with van der Waals surface area (Å²) in [6.07, 6.45) is -2.07. The first kappa shape index (κ1) is 28.5. The molecule has 5 rings (SSSR count). The van der Waals surface area contributed by atoms with E-state index in [0.717, 1.165) is 36.4 Å². The zero-order valence-corrected chi connectivity index (χ0v) is 22.2. The van der Waals surface area contributed by atoms with Crippen molar-refractivity contribution in [2.75, 3.05) is 50.8 Å². The maximum absolute atomic E-state index is 14.6. The number of anilines is 1. The molecule has 13 heteroatoms. The highest BCUT2D eigenvalue weighted by Gasteiger charge is 2.36. The number of carbonyl (C=O) groups excluding carboxylic acids is 1. The van der Waals surface area contributed by atoms with Crippen LogP contribution < -0.4 is 15.0 Å². The van der Waals surface area contributed by atoms with Gasteiger partial charge in [-0.3, -0.25) is 4.79 Å². The number of alkyl halides is 3. The molecule has 0 saturated carbocycles. The number of nitrogens with zero attached hydrogens (tertiary/aromatic N) is 4. The number of halogens is 4. The number of benzene rings is 1. The SMILES string of the molecule is CC1CC(O)c2ncnc(N3CCN(C(=O)C(CNC4CCOCC4)c4ccc(OC(F)(F)F)c(F)c4)CC3)c21. The average molecular weight is 568 g/mol. The lowest BCUT2D eigenvalue weighted by molar-refractivity contribution is -0.275. The van der Waals surface area contributed by atoms with E-state index in [4.69, 9.17) is 4.74 Å². The first-order valence-electron chi connectivity index (χ1n) is 13.5. The fraction of sp³-hybridized carbons (Fsp3) is 0.593. The molecule has 218 valence electrons. The third-order valence-corrected chi connectivity index (χ3v) is 7.88. The minimum absolute atomic E-state index is 0.112. The largest absolute Gasteiger partial charge is 0.573 e. The molecule has 0 spiro atoms. The number of amides is 1. The topological polar surface area (TPSA) is 100 Å². The van der Waals surface area contributed by atoms with E-state index in [-0.39, 0.29) is 30.0 Å². The van der Waals surface area contributed by atoms with E-state index < -0.39 is 30.0 Å². The molecular weight excluding hydrogens is 534 g/mol. The Kier molecular flexibility index (Phi) is 8.43. The Morgan fingerprint density at radius 3 is 2.60 bits per heavy atom. The summed E-state index contributed by atoms with van der Waals surface area (Å²) in [4.78, 5) is 26.3. The van der Waals surface area contributed by atoms with Gasteiger partial charge in [0.25, 0.3) is 0 Å². The van der Waals surface area contributed by atoms with Gasteiger partial charge in [0.1, 0.15) is 12.1 Å². The van der Waals surface area contributed by atoms with E-state index in [9.17, 15) is 27.5 Å². The molecule has 1 amide bonds. The molecule has 1 aromatic heterocycles. The minimum atomic E-state index is -5.03. The number of hydrogen-bond donors (Lipinski definition) is 2. The maximum atomic E-state index is 14.6. The second kappa shape index (κ2) is 11.8. The summed E-state index contributed by atoms with van der Waals surface area (Å²) in [5.41, 5.74) is 1.86. The van der Waals surface area contributed by atoms with Gasteiger partial charge in [0.15, 0.2) is 11.6 Å². The third kappa shape index (κ3) is 6.31. The number of hydrogen-bond acceptors (Lipinski definition) is 8. The quantitative estimate of drug-likeness (QED) is 0.492. The van der Waals surface area contributed by atoms with Crippen LogP contribution >= 0.6 is 0 Å². The molecule has 2 fully saturated rings. The first-order valence-corrected chi connectivity index (χ1v) is 13.5. The van der Waals surface area contributed by atoms with Crippen molar-refractivity contribution in [3.8, 4) is 5.75 Å². The summed E-state index contributed by atoms with van der Waals surface area (Å²) in [6.45, 7) is 5.21. The average Bonchev–Trinajstić information content (AvgIpc) is 3.23. The number of rotatable bonds is 7. The van der Waals surface area contributed by atoms with E-state index >= 15 is 0 Å². The Bertz CT molecular complexity index is 1200. The van der Waals surface area contributed by atoms with Gasteiger partial charge in [0.2, 0.25) is 5.91 Å². The normalized spacial score (nSPS) is 22.8. The molecule has 1 aliphatic carbocycles. The monoisotopic (exact) mass is 567 g/mol. The van der Waals surface area contributed by atoms with Gasteiger partial charge < -0.3 is 29.7 Å². The van der Waals surface area contributed by atoms with Crippen LogP contribution in [0.2, 0.25) is 0 Å². The Morgan fingerprint density at radius 2 is 1.93 bits per heavy atom. The van der Waals surface area contributed by atoms with Crippen LogP contribution in [0.25, 0.3) is 0 Å². The Morgan fingerprint density at radius 1 is 1.20 bits per heavy atom. The highest BCUT2D eigenvalue weighted by Crippen LogP contribution is 2.43. The Balaban J connectivity index is 1.31. The standard InChI is InChI=1S/C27H33F4N5O4/c1-16-12-21(37)24-23(16)25(34-15-33-24)35-6-8-36(9-7-35)26(38)19(14-32-18-4-10-39-11-5-18)17-2-3-22(20(28)13-17)40-27(29,30)31/h2-3,13,15-16,18-19,21,32,37H,4-12,14H2,1H3. The van der Waals surface area contributed by atoms with Crippen molar-refractivity contribution in [1.82, 2.24) is 20.2 Å². The number of piperazine rings is 1. The fourth-order valence-corrected chi connectivity index (χ4v) is 5.79. The van der Waals surface area contributed by atoms with Gasteiger partial charge in [0, 0.05) is 57.5 Å². The van der Waals surface area contributed by atoms with Gasteiger partial charge in [-0.1, -0.05) is 13.0 Å². The molecule has 0 radical (unpaired) electrons. The number of fused-ring (bicyclic) bond motifs is 1. The van der Waals surface area contributed by atoms with Crippen molar-refractivity contribution in [2.45, 2.75) is 56.5 Å². The summed E-state index contributed by atoms with van der Waals surface area (Å²) >= 11 is 0.